The molecule has 0 bridgehead atoms. The van der Waals surface area contributed by atoms with Gasteiger partial charge in [0.25, 0.3) is 5.56 Å². The van der Waals surface area contributed by atoms with Crippen LogP contribution in [0, 0.1) is 13.8 Å². The Bertz CT molecular complexity index is 1600. The number of nitrogens with zero attached hydrogens (tertiary/aromatic N) is 3. The van der Waals surface area contributed by atoms with E-state index in [9.17, 15) is 14.4 Å². The van der Waals surface area contributed by atoms with Gasteiger partial charge in [-0.1, -0.05) is 29.8 Å². The zero-order valence-electron chi connectivity index (χ0n) is 24.1. The zero-order chi connectivity index (χ0) is 29.5. The topological polar surface area (TPSA) is 103 Å². The van der Waals surface area contributed by atoms with E-state index in [1.54, 1.807) is 59.9 Å². The molecule has 0 aliphatic carbocycles. The molecule has 0 saturated carbocycles. The largest absolute Gasteiger partial charge is 0.462 e. The van der Waals surface area contributed by atoms with Crippen molar-refractivity contribution in [1.29, 1.82) is 0 Å². The normalized spacial score (nSPS) is 11.7. The van der Waals surface area contributed by atoms with Crippen molar-refractivity contribution >= 4 is 28.6 Å². The Morgan fingerprint density at radius 3 is 2.46 bits per heavy atom. The SMILES string of the molecule is CCOC(=O)c1ccc(NC(=O)N(CCCOC)C(C)c2nc3ccccc3c(=O)n2-c2ccc(C)cc2C)cc1. The summed E-state index contributed by atoms with van der Waals surface area (Å²) in [7, 11) is 1.61. The number of hydrogen-bond donors (Lipinski definition) is 1. The first kappa shape index (κ1) is 29.5. The van der Waals surface area contributed by atoms with E-state index in [4.69, 9.17) is 14.5 Å². The van der Waals surface area contributed by atoms with Gasteiger partial charge >= 0.3 is 12.0 Å². The minimum absolute atomic E-state index is 0.198. The van der Waals surface area contributed by atoms with Crippen LogP contribution in [0.2, 0.25) is 0 Å². The molecular formula is C32H36N4O5. The van der Waals surface area contributed by atoms with Crippen LogP contribution >= 0.6 is 0 Å². The van der Waals surface area contributed by atoms with Crippen LogP contribution in [-0.4, -0.2) is 53.3 Å². The lowest BCUT2D eigenvalue weighted by Crippen LogP contribution is -2.40. The van der Waals surface area contributed by atoms with Gasteiger partial charge in [0.1, 0.15) is 5.82 Å². The Hall–Kier alpha value is -4.50. The number of urea groups is 1. The third kappa shape index (κ3) is 6.63. The lowest BCUT2D eigenvalue weighted by molar-refractivity contribution is 0.0526. The van der Waals surface area contributed by atoms with Gasteiger partial charge in [-0.25, -0.2) is 14.6 Å². The van der Waals surface area contributed by atoms with E-state index in [1.807, 2.05) is 51.1 Å². The molecule has 9 nitrogen and oxygen atoms in total. The van der Waals surface area contributed by atoms with E-state index in [1.165, 1.54) is 0 Å². The molecule has 4 aromatic rings. The molecule has 1 N–H and O–H groups in total. The number of fused-ring (bicyclic) bond motifs is 1. The van der Waals surface area contributed by atoms with E-state index < -0.39 is 12.0 Å². The van der Waals surface area contributed by atoms with Crippen LogP contribution in [0.5, 0.6) is 0 Å². The first-order valence-electron chi connectivity index (χ1n) is 13.7. The Morgan fingerprint density at radius 1 is 1.05 bits per heavy atom. The summed E-state index contributed by atoms with van der Waals surface area (Å²) in [6, 6.07) is 18.7. The number of methoxy groups -OCH3 is 1. The molecule has 0 aliphatic rings. The van der Waals surface area contributed by atoms with E-state index in [0.29, 0.717) is 53.2 Å². The van der Waals surface area contributed by atoms with Crippen LogP contribution in [0.1, 0.15) is 53.6 Å². The summed E-state index contributed by atoms with van der Waals surface area (Å²) >= 11 is 0. The minimum atomic E-state index is -0.580. The average molecular weight is 557 g/mol. The van der Waals surface area contributed by atoms with Gasteiger partial charge in [-0.05, 0) is 82.1 Å². The third-order valence-corrected chi connectivity index (χ3v) is 6.89. The molecule has 0 fully saturated rings. The number of para-hydroxylation sites is 1. The summed E-state index contributed by atoms with van der Waals surface area (Å²) in [6.45, 7) is 8.67. The highest BCUT2D eigenvalue weighted by molar-refractivity contribution is 5.92. The minimum Gasteiger partial charge on any atom is -0.462 e. The van der Waals surface area contributed by atoms with Crippen molar-refractivity contribution < 1.29 is 19.1 Å². The lowest BCUT2D eigenvalue weighted by Gasteiger charge is -2.31. The highest BCUT2D eigenvalue weighted by Crippen LogP contribution is 2.26. The maximum atomic E-state index is 13.9. The third-order valence-electron chi connectivity index (χ3n) is 6.89. The predicted molar refractivity (Wildman–Crippen MR) is 160 cm³/mol. The average Bonchev–Trinajstić information content (AvgIpc) is 2.96. The summed E-state index contributed by atoms with van der Waals surface area (Å²) in [6.07, 6.45) is 0.581. The highest BCUT2D eigenvalue weighted by atomic mass is 16.5. The van der Waals surface area contributed by atoms with Gasteiger partial charge < -0.3 is 19.7 Å². The molecule has 1 unspecified atom stereocenters. The summed E-state index contributed by atoms with van der Waals surface area (Å²) < 4.78 is 11.9. The maximum Gasteiger partial charge on any atom is 0.338 e. The van der Waals surface area contributed by atoms with Crippen molar-refractivity contribution in [2.75, 3.05) is 32.2 Å². The lowest BCUT2D eigenvalue weighted by atomic mass is 10.1. The monoisotopic (exact) mass is 556 g/mol. The molecule has 0 saturated heterocycles. The second kappa shape index (κ2) is 13.2. The van der Waals surface area contributed by atoms with Gasteiger partial charge in [0.05, 0.1) is 34.8 Å². The molecule has 2 amide bonds. The molecule has 0 spiro atoms. The Balaban J connectivity index is 1.76. The Labute approximate surface area is 239 Å². The molecular weight excluding hydrogens is 520 g/mol. The summed E-state index contributed by atoms with van der Waals surface area (Å²) in [5.74, 6) is 0.0258. The molecule has 9 heteroatoms. The summed E-state index contributed by atoms with van der Waals surface area (Å²) in [5.41, 5.74) is 4.00. The molecule has 214 valence electrons. The number of nitrogens with one attached hydrogen (secondary N) is 1. The summed E-state index contributed by atoms with van der Waals surface area (Å²) in [5, 5.41) is 3.43. The van der Waals surface area contributed by atoms with Crippen LogP contribution in [0.3, 0.4) is 0 Å². The summed E-state index contributed by atoms with van der Waals surface area (Å²) in [4.78, 5) is 46.2. The van der Waals surface area contributed by atoms with Crippen LogP contribution in [0.15, 0.2) is 71.5 Å². The number of carbonyl (C=O) groups is 2. The predicted octanol–water partition coefficient (Wildman–Crippen LogP) is 5.81. The zero-order valence-corrected chi connectivity index (χ0v) is 24.1. The van der Waals surface area contributed by atoms with Crippen molar-refractivity contribution in [2.24, 2.45) is 0 Å². The second-order valence-corrected chi connectivity index (χ2v) is 9.86. The number of benzene rings is 3. The van der Waals surface area contributed by atoms with Crippen molar-refractivity contribution in [2.45, 2.75) is 40.2 Å². The molecule has 3 aromatic carbocycles. The fourth-order valence-electron chi connectivity index (χ4n) is 4.81. The number of esters is 1. The standard InChI is InChI=1S/C32H36N4O5/c1-6-41-31(38)24-13-15-25(16-14-24)33-32(39)35(18-9-19-40-5)23(4)29-34-27-11-8-7-10-26(27)30(37)36(29)28-17-12-21(2)20-22(28)3/h7-8,10-17,20,23H,6,9,18-19H2,1-5H3,(H,33,39). The number of amides is 2. The number of carbonyl (C=O) groups excluding carboxylic acids is 2. The number of hydrogen-bond acceptors (Lipinski definition) is 6. The molecule has 0 radical (unpaired) electrons. The molecule has 0 aliphatic heterocycles. The van der Waals surface area contributed by atoms with Crippen LogP contribution in [0.25, 0.3) is 16.6 Å². The van der Waals surface area contributed by atoms with Crippen LogP contribution in [-0.2, 0) is 9.47 Å². The molecule has 1 atom stereocenters. The van der Waals surface area contributed by atoms with Gasteiger partial charge in [-0.15, -0.1) is 0 Å². The molecule has 1 aromatic heterocycles. The van der Waals surface area contributed by atoms with E-state index in [2.05, 4.69) is 5.32 Å². The number of aryl methyl sites for hydroxylation is 2. The number of anilines is 1. The van der Waals surface area contributed by atoms with Crippen LogP contribution in [0.4, 0.5) is 10.5 Å². The number of rotatable bonds is 10. The number of aromatic nitrogens is 2. The van der Waals surface area contributed by atoms with Gasteiger partial charge in [0.2, 0.25) is 0 Å². The Morgan fingerprint density at radius 2 is 1.78 bits per heavy atom. The van der Waals surface area contributed by atoms with Crippen LogP contribution < -0.4 is 10.9 Å². The molecule has 1 heterocycles. The first-order valence-corrected chi connectivity index (χ1v) is 13.7. The van der Waals surface area contributed by atoms with Gasteiger partial charge in [-0.3, -0.25) is 9.36 Å². The van der Waals surface area contributed by atoms with Crippen molar-refractivity contribution in [3.05, 3.63) is 99.6 Å². The maximum absolute atomic E-state index is 13.9. The van der Waals surface area contributed by atoms with Crippen molar-refractivity contribution in [3.8, 4) is 5.69 Å². The second-order valence-electron chi connectivity index (χ2n) is 9.86. The van der Waals surface area contributed by atoms with Gasteiger partial charge in [0.15, 0.2) is 0 Å². The smallest absolute Gasteiger partial charge is 0.338 e. The van der Waals surface area contributed by atoms with E-state index >= 15 is 0 Å². The van der Waals surface area contributed by atoms with Gasteiger partial charge in [0, 0.05) is 25.9 Å². The first-order chi connectivity index (χ1) is 19.7. The Kier molecular flexibility index (Phi) is 9.52. The highest BCUT2D eigenvalue weighted by Gasteiger charge is 2.27. The fraction of sp³-hybridized carbons (Fsp3) is 0.312. The van der Waals surface area contributed by atoms with E-state index in [-0.39, 0.29) is 18.2 Å². The molecule has 41 heavy (non-hydrogen) atoms. The molecule has 4 rings (SSSR count). The van der Waals surface area contributed by atoms with E-state index in [0.717, 1.165) is 11.1 Å². The quantitative estimate of drug-likeness (QED) is 0.195. The van der Waals surface area contributed by atoms with Gasteiger partial charge in [-0.2, -0.15) is 0 Å². The fourth-order valence-corrected chi connectivity index (χ4v) is 4.81. The van der Waals surface area contributed by atoms with Crippen molar-refractivity contribution in [1.82, 2.24) is 14.5 Å². The van der Waals surface area contributed by atoms with Crippen molar-refractivity contribution in [3.63, 3.8) is 0 Å². The number of ether oxygens (including phenoxy) is 2.